The van der Waals surface area contributed by atoms with Crippen molar-refractivity contribution >= 4 is 5.97 Å². The molecule has 1 aromatic heterocycles. The normalized spacial score (nSPS) is 10.1. The van der Waals surface area contributed by atoms with Crippen LogP contribution in [0.5, 0.6) is 11.5 Å². The largest absolute Gasteiger partial charge is 0.497 e. The number of imidazole rings is 1. The lowest BCUT2D eigenvalue weighted by atomic mass is 10.3. The topological polar surface area (TPSA) is 84.4 Å². The Kier molecular flexibility index (Phi) is 3.47. The third-order valence-electron chi connectivity index (χ3n) is 2.27. The number of aromatic carboxylic acids is 1. The highest BCUT2D eigenvalue weighted by Crippen LogP contribution is 2.19. The number of rotatable bonds is 5. The van der Waals surface area contributed by atoms with Gasteiger partial charge in [0.1, 0.15) is 18.1 Å². The number of nitrogens with zero attached hydrogens (tertiary/aromatic N) is 1. The number of hydrogen-bond acceptors (Lipinski definition) is 4. The fourth-order valence-corrected chi connectivity index (χ4v) is 1.39. The number of carboxylic acids is 1. The van der Waals surface area contributed by atoms with E-state index in [0.717, 1.165) is 0 Å². The summed E-state index contributed by atoms with van der Waals surface area (Å²) in [6.45, 7) is 0.216. The molecule has 6 nitrogen and oxygen atoms in total. The van der Waals surface area contributed by atoms with Gasteiger partial charge in [0.25, 0.3) is 0 Å². The van der Waals surface area contributed by atoms with E-state index in [9.17, 15) is 4.79 Å². The molecule has 18 heavy (non-hydrogen) atoms. The third kappa shape index (κ3) is 2.79. The number of aromatic nitrogens is 2. The minimum atomic E-state index is -1.09. The fraction of sp³-hybridized carbons (Fsp3) is 0.167. The molecule has 0 aliphatic carbocycles. The molecule has 0 aliphatic heterocycles. The summed E-state index contributed by atoms with van der Waals surface area (Å²) < 4.78 is 10.5. The molecule has 0 radical (unpaired) electrons. The van der Waals surface area contributed by atoms with Gasteiger partial charge in [-0.25, -0.2) is 9.78 Å². The summed E-state index contributed by atoms with van der Waals surface area (Å²) in [6.07, 6.45) is 1.43. The van der Waals surface area contributed by atoms with Crippen LogP contribution in [0.1, 0.15) is 16.3 Å². The Balaban J connectivity index is 1.99. The second-order valence-electron chi connectivity index (χ2n) is 3.53. The molecule has 0 saturated carbocycles. The number of ether oxygens (including phenoxy) is 2. The predicted molar refractivity (Wildman–Crippen MR) is 62.9 cm³/mol. The van der Waals surface area contributed by atoms with Crippen LogP contribution >= 0.6 is 0 Å². The van der Waals surface area contributed by atoms with E-state index in [-0.39, 0.29) is 12.4 Å². The van der Waals surface area contributed by atoms with Gasteiger partial charge in [0.05, 0.1) is 19.0 Å². The zero-order chi connectivity index (χ0) is 13.0. The lowest BCUT2D eigenvalue weighted by molar-refractivity contribution is 0.0684. The van der Waals surface area contributed by atoms with Crippen LogP contribution in [0.15, 0.2) is 30.5 Å². The van der Waals surface area contributed by atoms with Gasteiger partial charge in [0.2, 0.25) is 5.82 Å². The maximum atomic E-state index is 10.6. The molecule has 6 heteroatoms. The highest BCUT2D eigenvalue weighted by atomic mass is 16.5. The summed E-state index contributed by atoms with van der Waals surface area (Å²) >= 11 is 0. The Hall–Kier alpha value is -2.50. The molecular formula is C12H12N2O4. The molecule has 0 amide bonds. The second kappa shape index (κ2) is 5.22. The first-order valence-corrected chi connectivity index (χ1v) is 5.23. The Labute approximate surface area is 103 Å². The van der Waals surface area contributed by atoms with Crippen LogP contribution < -0.4 is 9.47 Å². The van der Waals surface area contributed by atoms with Crippen molar-refractivity contribution < 1.29 is 19.4 Å². The van der Waals surface area contributed by atoms with Crippen LogP contribution in [-0.4, -0.2) is 28.2 Å². The molecule has 1 heterocycles. The SMILES string of the molecule is COc1cccc(OCc2cnc(C(=O)O)[nH]2)c1. The molecule has 1 aromatic carbocycles. The molecule has 0 unspecified atom stereocenters. The number of methoxy groups -OCH3 is 1. The number of carbonyl (C=O) groups is 1. The Morgan fingerprint density at radius 3 is 2.89 bits per heavy atom. The molecule has 2 aromatic rings. The Morgan fingerprint density at radius 1 is 1.44 bits per heavy atom. The first-order valence-electron chi connectivity index (χ1n) is 5.23. The lowest BCUT2D eigenvalue weighted by Gasteiger charge is -2.06. The molecule has 0 saturated heterocycles. The Bertz CT molecular complexity index is 551. The van der Waals surface area contributed by atoms with Gasteiger partial charge in [-0.3, -0.25) is 0 Å². The molecule has 2 rings (SSSR count). The van der Waals surface area contributed by atoms with Crippen LogP contribution in [0.3, 0.4) is 0 Å². The van der Waals surface area contributed by atoms with E-state index >= 15 is 0 Å². The summed E-state index contributed by atoms with van der Waals surface area (Å²) in [5, 5.41) is 8.70. The minimum Gasteiger partial charge on any atom is -0.497 e. The summed E-state index contributed by atoms with van der Waals surface area (Å²) in [7, 11) is 1.58. The Morgan fingerprint density at radius 2 is 2.22 bits per heavy atom. The summed E-state index contributed by atoms with van der Waals surface area (Å²) in [6, 6.07) is 7.15. The number of hydrogen-bond donors (Lipinski definition) is 2. The van der Waals surface area contributed by atoms with Crippen molar-refractivity contribution in [1.29, 1.82) is 0 Å². The summed E-state index contributed by atoms with van der Waals surface area (Å²) in [4.78, 5) is 17.0. The number of aromatic amines is 1. The first-order chi connectivity index (χ1) is 8.69. The van der Waals surface area contributed by atoms with Crippen molar-refractivity contribution in [3.63, 3.8) is 0 Å². The molecule has 0 fully saturated rings. The van der Waals surface area contributed by atoms with E-state index in [2.05, 4.69) is 9.97 Å². The number of H-pyrrole nitrogens is 1. The molecule has 2 N–H and O–H groups in total. The average Bonchev–Trinajstić information content (AvgIpc) is 2.85. The minimum absolute atomic E-state index is 0.0979. The van der Waals surface area contributed by atoms with Crippen molar-refractivity contribution in [2.24, 2.45) is 0 Å². The third-order valence-corrected chi connectivity index (χ3v) is 2.27. The van der Waals surface area contributed by atoms with Gasteiger partial charge in [-0.15, -0.1) is 0 Å². The van der Waals surface area contributed by atoms with E-state index in [1.165, 1.54) is 6.20 Å². The number of nitrogens with one attached hydrogen (secondary N) is 1. The average molecular weight is 248 g/mol. The van der Waals surface area contributed by atoms with Crippen molar-refractivity contribution in [1.82, 2.24) is 9.97 Å². The van der Waals surface area contributed by atoms with Crippen LogP contribution in [0.4, 0.5) is 0 Å². The molecule has 0 spiro atoms. The molecule has 0 bridgehead atoms. The zero-order valence-electron chi connectivity index (χ0n) is 9.71. The fourth-order valence-electron chi connectivity index (χ4n) is 1.39. The highest BCUT2D eigenvalue weighted by Gasteiger charge is 2.07. The van der Waals surface area contributed by atoms with Gasteiger partial charge in [-0.1, -0.05) is 6.07 Å². The van der Waals surface area contributed by atoms with Crippen LogP contribution in [0, 0.1) is 0 Å². The van der Waals surface area contributed by atoms with E-state index in [1.807, 2.05) is 12.1 Å². The van der Waals surface area contributed by atoms with Crippen molar-refractivity contribution in [2.75, 3.05) is 7.11 Å². The first kappa shape index (κ1) is 12.0. The smallest absolute Gasteiger partial charge is 0.371 e. The van der Waals surface area contributed by atoms with Crippen molar-refractivity contribution in [3.05, 3.63) is 42.0 Å². The predicted octanol–water partition coefficient (Wildman–Crippen LogP) is 1.70. The maximum absolute atomic E-state index is 10.6. The standard InChI is InChI=1S/C12H12N2O4/c1-17-9-3-2-4-10(5-9)18-7-8-6-13-11(14-8)12(15)16/h2-6H,7H2,1H3,(H,13,14)(H,15,16). The molecule has 94 valence electrons. The van der Waals surface area contributed by atoms with Gasteiger partial charge in [0, 0.05) is 6.07 Å². The lowest BCUT2D eigenvalue weighted by Crippen LogP contribution is -2.00. The monoisotopic (exact) mass is 248 g/mol. The van der Waals surface area contributed by atoms with Crippen LogP contribution in [-0.2, 0) is 6.61 Å². The molecule has 0 aliphatic rings. The second-order valence-corrected chi connectivity index (χ2v) is 3.53. The van der Waals surface area contributed by atoms with Gasteiger partial charge in [-0.2, -0.15) is 0 Å². The van der Waals surface area contributed by atoms with Crippen molar-refractivity contribution in [3.8, 4) is 11.5 Å². The molecular weight excluding hydrogens is 236 g/mol. The van der Waals surface area contributed by atoms with Gasteiger partial charge in [0.15, 0.2) is 0 Å². The highest BCUT2D eigenvalue weighted by molar-refractivity contribution is 5.83. The zero-order valence-corrected chi connectivity index (χ0v) is 9.71. The van der Waals surface area contributed by atoms with Crippen LogP contribution in [0.2, 0.25) is 0 Å². The van der Waals surface area contributed by atoms with Gasteiger partial charge in [-0.05, 0) is 12.1 Å². The van der Waals surface area contributed by atoms with E-state index in [1.54, 1.807) is 19.2 Å². The van der Waals surface area contributed by atoms with Gasteiger partial charge >= 0.3 is 5.97 Å². The summed E-state index contributed by atoms with van der Waals surface area (Å²) in [5.41, 5.74) is 0.593. The maximum Gasteiger partial charge on any atom is 0.371 e. The van der Waals surface area contributed by atoms with E-state index in [4.69, 9.17) is 14.6 Å². The van der Waals surface area contributed by atoms with Crippen LogP contribution in [0.25, 0.3) is 0 Å². The van der Waals surface area contributed by atoms with Gasteiger partial charge < -0.3 is 19.6 Å². The number of benzene rings is 1. The van der Waals surface area contributed by atoms with E-state index in [0.29, 0.717) is 17.2 Å². The summed E-state index contributed by atoms with van der Waals surface area (Å²) in [5.74, 6) is 0.144. The quantitative estimate of drug-likeness (QED) is 0.841. The number of carboxylic acid groups (broad SMARTS) is 1. The van der Waals surface area contributed by atoms with E-state index < -0.39 is 5.97 Å². The molecule has 0 atom stereocenters. The van der Waals surface area contributed by atoms with Crippen molar-refractivity contribution in [2.45, 2.75) is 6.61 Å².